The van der Waals surface area contributed by atoms with Gasteiger partial charge in [0.05, 0.1) is 16.6 Å². The smallest absolute Gasteiger partial charge is 0.142 e. The van der Waals surface area contributed by atoms with Gasteiger partial charge in [-0.15, -0.1) is 0 Å². The molecule has 1 heterocycles. The van der Waals surface area contributed by atoms with Crippen LogP contribution in [-0.4, -0.2) is 15.1 Å². The van der Waals surface area contributed by atoms with E-state index in [4.69, 9.17) is 0 Å². The number of aromatic hydroxyl groups is 1. The number of aromatic nitrogens is 2. The zero-order valence-electron chi connectivity index (χ0n) is 9.74. The highest BCUT2D eigenvalue weighted by Crippen LogP contribution is 2.30. The van der Waals surface area contributed by atoms with E-state index in [1.54, 1.807) is 6.07 Å². The number of fused-ring (bicyclic) bond motifs is 1. The molecule has 3 aromatic rings. The van der Waals surface area contributed by atoms with Gasteiger partial charge in [-0.2, -0.15) is 0 Å². The predicted molar refractivity (Wildman–Crippen MR) is 75.6 cm³/mol. The fraction of sp³-hybridized carbons (Fsp3) is 0.0714. The van der Waals surface area contributed by atoms with Gasteiger partial charge in [-0.05, 0) is 37.3 Å². The van der Waals surface area contributed by atoms with Crippen LogP contribution in [0.1, 0.15) is 5.56 Å². The molecule has 0 aliphatic heterocycles. The minimum absolute atomic E-state index is 0.235. The van der Waals surface area contributed by atoms with E-state index in [0.717, 1.165) is 26.6 Å². The lowest BCUT2D eigenvalue weighted by Crippen LogP contribution is -1.83. The number of H-pyrrole nitrogens is 1. The zero-order chi connectivity index (χ0) is 12.7. The summed E-state index contributed by atoms with van der Waals surface area (Å²) in [4.78, 5) is 7.71. The molecular formula is C14H11BrN2O. The van der Waals surface area contributed by atoms with Crippen LogP contribution >= 0.6 is 15.9 Å². The standard InChI is InChI=1S/C14H11BrN2O/c1-8-2-5-13(18)10(6-8)14-16-11-4-3-9(15)7-12(11)17-14/h2-7,18H,1H3,(H,16,17). The van der Waals surface area contributed by atoms with Crippen LogP contribution in [0.4, 0.5) is 0 Å². The van der Waals surface area contributed by atoms with E-state index in [2.05, 4.69) is 25.9 Å². The molecule has 0 unspecified atom stereocenters. The molecule has 2 aromatic carbocycles. The molecule has 0 radical (unpaired) electrons. The Kier molecular flexibility index (Phi) is 2.59. The van der Waals surface area contributed by atoms with Gasteiger partial charge in [-0.25, -0.2) is 4.98 Å². The Morgan fingerprint density at radius 3 is 2.83 bits per heavy atom. The van der Waals surface area contributed by atoms with Crippen LogP contribution in [0.25, 0.3) is 22.4 Å². The number of imidazole rings is 1. The first-order chi connectivity index (χ1) is 8.63. The number of hydrogen-bond acceptors (Lipinski definition) is 2. The number of nitrogens with zero attached hydrogens (tertiary/aromatic N) is 1. The van der Waals surface area contributed by atoms with Crippen molar-refractivity contribution in [2.45, 2.75) is 6.92 Å². The topological polar surface area (TPSA) is 48.9 Å². The number of hydrogen-bond donors (Lipinski definition) is 2. The number of rotatable bonds is 1. The van der Waals surface area contributed by atoms with Crippen molar-refractivity contribution in [1.29, 1.82) is 0 Å². The van der Waals surface area contributed by atoms with E-state index >= 15 is 0 Å². The van der Waals surface area contributed by atoms with E-state index < -0.39 is 0 Å². The number of phenols is 1. The average Bonchev–Trinajstić information content (AvgIpc) is 2.74. The molecule has 0 bridgehead atoms. The molecule has 0 amide bonds. The van der Waals surface area contributed by atoms with Gasteiger partial charge >= 0.3 is 0 Å². The largest absolute Gasteiger partial charge is 0.507 e. The summed E-state index contributed by atoms with van der Waals surface area (Å²) in [6.45, 7) is 1.99. The molecule has 0 saturated carbocycles. The molecule has 90 valence electrons. The van der Waals surface area contributed by atoms with E-state index in [0.29, 0.717) is 5.82 Å². The first kappa shape index (κ1) is 11.3. The summed E-state index contributed by atoms with van der Waals surface area (Å²) in [5.41, 5.74) is 3.64. The van der Waals surface area contributed by atoms with E-state index in [1.807, 2.05) is 37.3 Å². The monoisotopic (exact) mass is 302 g/mol. The van der Waals surface area contributed by atoms with Gasteiger partial charge in [0.1, 0.15) is 11.6 Å². The van der Waals surface area contributed by atoms with Crippen LogP contribution in [-0.2, 0) is 0 Å². The van der Waals surface area contributed by atoms with Crippen molar-refractivity contribution in [3.05, 3.63) is 46.4 Å². The lowest BCUT2D eigenvalue weighted by atomic mass is 10.1. The molecule has 0 atom stereocenters. The van der Waals surface area contributed by atoms with Crippen LogP contribution in [0.2, 0.25) is 0 Å². The Morgan fingerprint density at radius 1 is 1.17 bits per heavy atom. The molecule has 3 nitrogen and oxygen atoms in total. The van der Waals surface area contributed by atoms with Crippen LogP contribution in [0.3, 0.4) is 0 Å². The molecule has 4 heteroatoms. The minimum Gasteiger partial charge on any atom is -0.507 e. The van der Waals surface area contributed by atoms with Crippen molar-refractivity contribution in [3.8, 4) is 17.1 Å². The lowest BCUT2D eigenvalue weighted by Gasteiger charge is -2.01. The normalized spacial score (nSPS) is 11.0. The van der Waals surface area contributed by atoms with Gasteiger partial charge in [0.15, 0.2) is 0 Å². The van der Waals surface area contributed by atoms with Gasteiger partial charge in [-0.3, -0.25) is 0 Å². The molecule has 0 fully saturated rings. The van der Waals surface area contributed by atoms with E-state index in [1.165, 1.54) is 0 Å². The van der Waals surface area contributed by atoms with Crippen molar-refractivity contribution in [1.82, 2.24) is 9.97 Å². The van der Waals surface area contributed by atoms with Gasteiger partial charge in [-0.1, -0.05) is 27.6 Å². The van der Waals surface area contributed by atoms with Crippen molar-refractivity contribution in [2.24, 2.45) is 0 Å². The van der Waals surface area contributed by atoms with Crippen LogP contribution in [0, 0.1) is 6.92 Å². The summed E-state index contributed by atoms with van der Waals surface area (Å²) < 4.78 is 0.999. The molecule has 3 rings (SSSR count). The number of benzene rings is 2. The first-order valence-electron chi connectivity index (χ1n) is 5.59. The highest BCUT2D eigenvalue weighted by molar-refractivity contribution is 9.10. The molecule has 0 saturated heterocycles. The Morgan fingerprint density at radius 2 is 2.00 bits per heavy atom. The number of aryl methyl sites for hydroxylation is 1. The molecule has 0 aliphatic rings. The maximum Gasteiger partial charge on any atom is 0.142 e. The quantitative estimate of drug-likeness (QED) is 0.713. The summed E-state index contributed by atoms with van der Waals surface area (Å²) in [5, 5.41) is 9.90. The summed E-state index contributed by atoms with van der Waals surface area (Å²) in [5.74, 6) is 0.919. The molecule has 0 spiro atoms. The summed E-state index contributed by atoms with van der Waals surface area (Å²) in [6, 6.07) is 11.3. The number of aromatic amines is 1. The lowest BCUT2D eigenvalue weighted by molar-refractivity contribution is 0.477. The fourth-order valence-electron chi connectivity index (χ4n) is 1.95. The SMILES string of the molecule is Cc1ccc(O)c(-c2nc3ccc(Br)cc3[nH]2)c1. The highest BCUT2D eigenvalue weighted by atomic mass is 79.9. The van der Waals surface area contributed by atoms with Crippen molar-refractivity contribution in [3.63, 3.8) is 0 Å². The maximum absolute atomic E-state index is 9.90. The van der Waals surface area contributed by atoms with Gasteiger partial charge < -0.3 is 10.1 Å². The Labute approximate surface area is 113 Å². The molecular weight excluding hydrogens is 292 g/mol. The summed E-state index contributed by atoms with van der Waals surface area (Å²) >= 11 is 3.43. The Bertz CT molecular complexity index is 734. The van der Waals surface area contributed by atoms with Gasteiger partial charge in [0.2, 0.25) is 0 Å². The molecule has 0 aliphatic carbocycles. The Balaban J connectivity index is 2.22. The zero-order valence-corrected chi connectivity index (χ0v) is 11.3. The van der Waals surface area contributed by atoms with Gasteiger partial charge in [0.25, 0.3) is 0 Å². The Hall–Kier alpha value is -1.81. The number of nitrogens with one attached hydrogen (secondary N) is 1. The predicted octanol–water partition coefficient (Wildman–Crippen LogP) is 4.01. The number of phenolic OH excluding ortho intramolecular Hbond substituents is 1. The van der Waals surface area contributed by atoms with Crippen LogP contribution in [0.5, 0.6) is 5.75 Å². The third-order valence-electron chi connectivity index (χ3n) is 2.85. The van der Waals surface area contributed by atoms with Gasteiger partial charge in [0, 0.05) is 4.47 Å². The van der Waals surface area contributed by atoms with Crippen molar-refractivity contribution in [2.75, 3.05) is 0 Å². The van der Waals surface area contributed by atoms with Crippen LogP contribution < -0.4 is 0 Å². The second-order valence-electron chi connectivity index (χ2n) is 4.27. The first-order valence-corrected chi connectivity index (χ1v) is 6.38. The fourth-order valence-corrected chi connectivity index (χ4v) is 2.31. The average molecular weight is 303 g/mol. The highest BCUT2D eigenvalue weighted by Gasteiger charge is 2.09. The summed E-state index contributed by atoms with van der Waals surface area (Å²) in [6.07, 6.45) is 0. The number of halogens is 1. The third-order valence-corrected chi connectivity index (χ3v) is 3.34. The van der Waals surface area contributed by atoms with Crippen molar-refractivity contribution >= 4 is 27.0 Å². The van der Waals surface area contributed by atoms with Crippen LogP contribution in [0.15, 0.2) is 40.9 Å². The molecule has 1 aromatic heterocycles. The summed E-state index contributed by atoms with van der Waals surface area (Å²) in [7, 11) is 0. The maximum atomic E-state index is 9.90. The molecule has 18 heavy (non-hydrogen) atoms. The second-order valence-corrected chi connectivity index (χ2v) is 5.18. The van der Waals surface area contributed by atoms with E-state index in [9.17, 15) is 5.11 Å². The van der Waals surface area contributed by atoms with E-state index in [-0.39, 0.29) is 5.75 Å². The molecule has 2 N–H and O–H groups in total. The minimum atomic E-state index is 0.235. The second kappa shape index (κ2) is 4.14. The third kappa shape index (κ3) is 1.88. The van der Waals surface area contributed by atoms with Crippen molar-refractivity contribution < 1.29 is 5.11 Å².